The van der Waals surface area contributed by atoms with Crippen LogP contribution in [-0.2, 0) is 4.74 Å². The van der Waals surface area contributed by atoms with Crippen LogP contribution in [0.5, 0.6) is 0 Å². The maximum atomic E-state index is 5.57. The average Bonchev–Trinajstić information content (AvgIpc) is 2.62. The molecule has 104 valence electrons. The summed E-state index contributed by atoms with van der Waals surface area (Å²) in [5.41, 5.74) is 1.44. The summed E-state index contributed by atoms with van der Waals surface area (Å²) >= 11 is 1.88. The Labute approximate surface area is 116 Å². The van der Waals surface area contributed by atoms with Crippen LogP contribution in [0.2, 0.25) is 0 Å². The summed E-state index contributed by atoms with van der Waals surface area (Å²) in [5.74, 6) is 0.633. The third-order valence-electron chi connectivity index (χ3n) is 2.91. The molecule has 0 saturated heterocycles. The Morgan fingerprint density at radius 1 is 1.28 bits per heavy atom. The first-order valence-corrected chi connectivity index (χ1v) is 7.70. The highest BCUT2D eigenvalue weighted by atomic mass is 32.1. The molecular formula is C15H27NOS. The van der Waals surface area contributed by atoms with Crippen LogP contribution in [0.25, 0.3) is 0 Å². The van der Waals surface area contributed by atoms with E-state index >= 15 is 0 Å². The molecule has 0 aliphatic rings. The van der Waals surface area contributed by atoms with E-state index in [4.69, 9.17) is 4.74 Å². The molecule has 3 heteroatoms. The molecule has 0 fully saturated rings. The van der Waals surface area contributed by atoms with Crippen molar-refractivity contribution in [2.75, 3.05) is 19.8 Å². The number of hydrogen-bond donors (Lipinski definition) is 1. The van der Waals surface area contributed by atoms with Gasteiger partial charge in [-0.15, -0.1) is 11.3 Å². The van der Waals surface area contributed by atoms with E-state index in [9.17, 15) is 0 Å². The zero-order valence-electron chi connectivity index (χ0n) is 12.4. The first-order chi connectivity index (χ1) is 8.50. The summed E-state index contributed by atoms with van der Waals surface area (Å²) in [4.78, 5) is 2.83. The lowest BCUT2D eigenvalue weighted by atomic mass is 10.1. The normalized spacial score (nSPS) is 13.2. The van der Waals surface area contributed by atoms with Crippen molar-refractivity contribution in [2.24, 2.45) is 5.92 Å². The molecule has 0 bridgehead atoms. The van der Waals surface area contributed by atoms with Gasteiger partial charge in [0.05, 0.1) is 0 Å². The summed E-state index contributed by atoms with van der Waals surface area (Å²) < 4.78 is 5.57. The molecule has 1 unspecified atom stereocenters. The van der Waals surface area contributed by atoms with E-state index in [-0.39, 0.29) is 0 Å². The second-order valence-corrected chi connectivity index (χ2v) is 6.83. The van der Waals surface area contributed by atoms with Crippen molar-refractivity contribution in [3.05, 3.63) is 21.4 Å². The second-order valence-electron chi connectivity index (χ2n) is 5.37. The second kappa shape index (κ2) is 7.93. The Hall–Kier alpha value is -0.380. The molecular weight excluding hydrogens is 242 g/mol. The van der Waals surface area contributed by atoms with Crippen molar-refractivity contribution < 1.29 is 4.74 Å². The maximum absolute atomic E-state index is 5.57. The largest absolute Gasteiger partial charge is 0.381 e. The fourth-order valence-corrected chi connectivity index (χ4v) is 3.02. The standard InChI is InChI=1S/C15H27NOS/c1-11(2)10-17-8-6-7-16-13(4)15-9-12(3)18-14(15)5/h9,11,13,16H,6-8,10H2,1-5H3. The number of hydrogen-bond acceptors (Lipinski definition) is 3. The summed E-state index contributed by atoms with van der Waals surface area (Å²) in [6, 6.07) is 2.74. The molecule has 2 nitrogen and oxygen atoms in total. The van der Waals surface area contributed by atoms with Gasteiger partial charge < -0.3 is 10.1 Å². The van der Waals surface area contributed by atoms with Crippen molar-refractivity contribution in [3.8, 4) is 0 Å². The van der Waals surface area contributed by atoms with Crippen molar-refractivity contribution >= 4 is 11.3 Å². The van der Waals surface area contributed by atoms with Crippen LogP contribution in [0.3, 0.4) is 0 Å². The van der Waals surface area contributed by atoms with Crippen LogP contribution in [-0.4, -0.2) is 19.8 Å². The van der Waals surface area contributed by atoms with Gasteiger partial charge in [-0.3, -0.25) is 0 Å². The predicted octanol–water partition coefficient (Wildman–Crippen LogP) is 4.08. The topological polar surface area (TPSA) is 21.3 Å². The van der Waals surface area contributed by atoms with E-state index < -0.39 is 0 Å². The highest BCUT2D eigenvalue weighted by Crippen LogP contribution is 2.25. The van der Waals surface area contributed by atoms with Crippen molar-refractivity contribution in [2.45, 2.75) is 47.1 Å². The zero-order chi connectivity index (χ0) is 13.5. The summed E-state index contributed by atoms with van der Waals surface area (Å²) in [5, 5.41) is 3.57. The minimum atomic E-state index is 0.444. The Bertz CT molecular complexity index is 346. The van der Waals surface area contributed by atoms with E-state index in [1.165, 1.54) is 15.3 Å². The van der Waals surface area contributed by atoms with Gasteiger partial charge in [-0.05, 0) is 51.3 Å². The number of nitrogens with one attached hydrogen (secondary N) is 1. The van der Waals surface area contributed by atoms with Gasteiger partial charge >= 0.3 is 0 Å². The van der Waals surface area contributed by atoms with Crippen LogP contribution < -0.4 is 5.32 Å². The number of rotatable bonds is 8. The lowest BCUT2D eigenvalue weighted by molar-refractivity contribution is 0.107. The van der Waals surface area contributed by atoms with Crippen LogP contribution in [0, 0.1) is 19.8 Å². The molecule has 0 radical (unpaired) electrons. The van der Waals surface area contributed by atoms with E-state index in [2.05, 4.69) is 46.0 Å². The van der Waals surface area contributed by atoms with Crippen molar-refractivity contribution in [1.29, 1.82) is 0 Å². The van der Waals surface area contributed by atoms with Crippen LogP contribution >= 0.6 is 11.3 Å². The van der Waals surface area contributed by atoms with Crippen molar-refractivity contribution in [1.82, 2.24) is 5.32 Å². The average molecular weight is 269 g/mol. The van der Waals surface area contributed by atoms with Gasteiger partial charge in [0.15, 0.2) is 0 Å². The predicted molar refractivity (Wildman–Crippen MR) is 80.5 cm³/mol. The highest BCUT2D eigenvalue weighted by Gasteiger charge is 2.10. The molecule has 18 heavy (non-hydrogen) atoms. The number of thiophene rings is 1. The lowest BCUT2D eigenvalue weighted by Crippen LogP contribution is -2.21. The third kappa shape index (κ3) is 5.51. The molecule has 0 spiro atoms. The molecule has 1 aromatic rings. The molecule has 1 atom stereocenters. The summed E-state index contributed by atoms with van der Waals surface area (Å²) in [6.45, 7) is 13.7. The minimum Gasteiger partial charge on any atom is -0.381 e. The minimum absolute atomic E-state index is 0.444. The quantitative estimate of drug-likeness (QED) is 0.718. The Morgan fingerprint density at radius 3 is 2.56 bits per heavy atom. The maximum Gasteiger partial charge on any atom is 0.0489 e. The van der Waals surface area contributed by atoms with Gasteiger partial charge in [0.2, 0.25) is 0 Å². The van der Waals surface area contributed by atoms with Gasteiger partial charge in [0, 0.05) is 29.0 Å². The lowest BCUT2D eigenvalue weighted by Gasteiger charge is -2.14. The van der Waals surface area contributed by atoms with Gasteiger partial charge in [-0.2, -0.15) is 0 Å². The van der Waals surface area contributed by atoms with Crippen LogP contribution in [0.1, 0.15) is 48.6 Å². The molecule has 0 saturated carbocycles. The first-order valence-electron chi connectivity index (χ1n) is 6.88. The third-order valence-corrected chi connectivity index (χ3v) is 3.89. The van der Waals surface area contributed by atoms with Gasteiger partial charge in [-0.1, -0.05) is 13.8 Å². The summed E-state index contributed by atoms with van der Waals surface area (Å²) in [6.07, 6.45) is 1.08. The smallest absolute Gasteiger partial charge is 0.0489 e. The Morgan fingerprint density at radius 2 is 2.00 bits per heavy atom. The number of ether oxygens (including phenoxy) is 1. The van der Waals surface area contributed by atoms with Gasteiger partial charge in [-0.25, -0.2) is 0 Å². The zero-order valence-corrected chi connectivity index (χ0v) is 13.2. The first kappa shape index (κ1) is 15.7. The van der Waals surface area contributed by atoms with E-state index in [0.29, 0.717) is 12.0 Å². The summed E-state index contributed by atoms with van der Waals surface area (Å²) in [7, 11) is 0. The van der Waals surface area contributed by atoms with Gasteiger partial charge in [0.25, 0.3) is 0 Å². The van der Waals surface area contributed by atoms with Crippen LogP contribution in [0.4, 0.5) is 0 Å². The Balaban J connectivity index is 2.17. The molecule has 1 rings (SSSR count). The molecule has 0 aromatic carbocycles. The molecule has 0 aliphatic carbocycles. The monoisotopic (exact) mass is 269 g/mol. The fourth-order valence-electron chi connectivity index (χ4n) is 2.00. The SMILES string of the molecule is Cc1cc(C(C)NCCCOCC(C)C)c(C)s1. The van der Waals surface area contributed by atoms with E-state index in [1.807, 2.05) is 11.3 Å². The number of aryl methyl sites for hydroxylation is 2. The molecule has 1 aromatic heterocycles. The fraction of sp³-hybridized carbons (Fsp3) is 0.733. The van der Waals surface area contributed by atoms with Gasteiger partial charge in [0.1, 0.15) is 0 Å². The molecule has 0 aliphatic heterocycles. The van der Waals surface area contributed by atoms with Crippen molar-refractivity contribution in [3.63, 3.8) is 0 Å². The van der Waals surface area contributed by atoms with Crippen LogP contribution in [0.15, 0.2) is 6.07 Å². The van der Waals surface area contributed by atoms with E-state index in [0.717, 1.165) is 26.2 Å². The van der Waals surface area contributed by atoms with E-state index in [1.54, 1.807) is 0 Å². The molecule has 1 heterocycles. The molecule has 0 amide bonds. The highest BCUT2D eigenvalue weighted by molar-refractivity contribution is 7.12. The molecule has 1 N–H and O–H groups in total. The Kier molecular flexibility index (Phi) is 6.90.